The summed E-state index contributed by atoms with van der Waals surface area (Å²) in [4.78, 5) is 27.5. The highest BCUT2D eigenvalue weighted by Gasteiger charge is 2.21. The van der Waals surface area contributed by atoms with Gasteiger partial charge in [-0.15, -0.1) is 0 Å². The first-order chi connectivity index (χ1) is 10.7. The smallest absolute Gasteiger partial charge is 0.310 e. The van der Waals surface area contributed by atoms with Crippen molar-refractivity contribution in [3.8, 4) is 0 Å². The zero-order chi connectivity index (χ0) is 15.5. The first kappa shape index (κ1) is 14.1. The van der Waals surface area contributed by atoms with E-state index in [1.165, 1.54) is 7.11 Å². The summed E-state index contributed by atoms with van der Waals surface area (Å²) < 4.78 is 4.75. The van der Waals surface area contributed by atoms with Crippen molar-refractivity contribution in [2.75, 3.05) is 7.11 Å². The van der Waals surface area contributed by atoms with Crippen molar-refractivity contribution >= 4 is 22.7 Å². The molecule has 0 radical (unpaired) electrons. The van der Waals surface area contributed by atoms with Crippen LogP contribution < -0.4 is 0 Å². The van der Waals surface area contributed by atoms with Crippen LogP contribution in [0.25, 0.3) is 10.9 Å². The van der Waals surface area contributed by atoms with Gasteiger partial charge < -0.3 is 9.72 Å². The number of benzene rings is 2. The van der Waals surface area contributed by atoms with Gasteiger partial charge in [-0.25, -0.2) is 0 Å². The zero-order valence-corrected chi connectivity index (χ0v) is 12.1. The van der Waals surface area contributed by atoms with E-state index in [1.54, 1.807) is 12.1 Å². The molecule has 0 bridgehead atoms. The number of rotatable bonds is 4. The monoisotopic (exact) mass is 293 g/mol. The molecule has 2 aromatic carbocycles. The Morgan fingerprint density at radius 1 is 1.00 bits per heavy atom. The fourth-order valence-electron chi connectivity index (χ4n) is 2.53. The number of carbonyl (C=O) groups is 2. The quantitative estimate of drug-likeness (QED) is 0.594. The molecule has 110 valence electrons. The summed E-state index contributed by atoms with van der Waals surface area (Å²) in [5.74, 6) is -0.498. The molecule has 0 fully saturated rings. The molecule has 0 atom stereocenters. The van der Waals surface area contributed by atoms with Gasteiger partial charge in [-0.2, -0.15) is 0 Å². The molecular weight excluding hydrogens is 278 g/mol. The van der Waals surface area contributed by atoms with Gasteiger partial charge in [0, 0.05) is 22.0 Å². The maximum absolute atomic E-state index is 12.7. The van der Waals surface area contributed by atoms with Crippen molar-refractivity contribution in [3.63, 3.8) is 0 Å². The maximum atomic E-state index is 12.7. The molecule has 4 nitrogen and oxygen atoms in total. The number of hydrogen-bond donors (Lipinski definition) is 1. The summed E-state index contributed by atoms with van der Waals surface area (Å²) in [6, 6.07) is 16.6. The van der Waals surface area contributed by atoms with E-state index in [0.717, 1.165) is 10.9 Å². The number of fused-ring (bicyclic) bond motifs is 1. The number of nitrogens with one attached hydrogen (secondary N) is 1. The number of hydrogen-bond acceptors (Lipinski definition) is 3. The van der Waals surface area contributed by atoms with Crippen LogP contribution in [-0.4, -0.2) is 23.8 Å². The van der Waals surface area contributed by atoms with Gasteiger partial charge in [0.25, 0.3) is 0 Å². The van der Waals surface area contributed by atoms with Crippen molar-refractivity contribution in [2.24, 2.45) is 0 Å². The molecule has 0 aliphatic carbocycles. The Morgan fingerprint density at radius 2 is 1.68 bits per heavy atom. The van der Waals surface area contributed by atoms with Gasteiger partial charge in [-0.05, 0) is 6.07 Å². The number of methoxy groups -OCH3 is 1. The summed E-state index contributed by atoms with van der Waals surface area (Å²) >= 11 is 0. The van der Waals surface area contributed by atoms with Crippen LogP contribution in [0.5, 0.6) is 0 Å². The van der Waals surface area contributed by atoms with E-state index in [2.05, 4.69) is 4.98 Å². The van der Waals surface area contributed by atoms with E-state index in [1.807, 2.05) is 42.5 Å². The van der Waals surface area contributed by atoms with Crippen molar-refractivity contribution in [2.45, 2.75) is 6.42 Å². The summed E-state index contributed by atoms with van der Waals surface area (Å²) in [6.45, 7) is 0. The lowest BCUT2D eigenvalue weighted by Gasteiger charge is -2.04. The van der Waals surface area contributed by atoms with Gasteiger partial charge in [0.05, 0.1) is 19.2 Å². The molecule has 0 aliphatic rings. The molecule has 0 spiro atoms. The lowest BCUT2D eigenvalue weighted by molar-refractivity contribution is -0.139. The van der Waals surface area contributed by atoms with Gasteiger partial charge in [-0.3, -0.25) is 9.59 Å². The maximum Gasteiger partial charge on any atom is 0.310 e. The molecule has 0 saturated heterocycles. The first-order valence-corrected chi connectivity index (χ1v) is 6.97. The predicted molar refractivity (Wildman–Crippen MR) is 83.9 cm³/mol. The van der Waals surface area contributed by atoms with E-state index >= 15 is 0 Å². The fourth-order valence-corrected chi connectivity index (χ4v) is 2.53. The minimum atomic E-state index is -0.369. The van der Waals surface area contributed by atoms with Crippen molar-refractivity contribution in [3.05, 3.63) is 71.4 Å². The molecule has 22 heavy (non-hydrogen) atoms. The van der Waals surface area contributed by atoms with E-state index in [4.69, 9.17) is 4.74 Å². The van der Waals surface area contributed by atoms with Gasteiger partial charge in [-0.1, -0.05) is 48.5 Å². The number of esters is 1. The van der Waals surface area contributed by atoms with E-state index in [0.29, 0.717) is 16.8 Å². The molecule has 0 saturated carbocycles. The molecule has 3 rings (SSSR count). The SMILES string of the molecule is COC(=O)Cc1c(C(=O)c2ccccc2)[nH]c2ccccc12. The first-order valence-electron chi connectivity index (χ1n) is 6.97. The lowest BCUT2D eigenvalue weighted by Crippen LogP contribution is -2.10. The molecule has 0 unspecified atom stereocenters. The third-order valence-electron chi connectivity index (χ3n) is 3.63. The third-order valence-corrected chi connectivity index (χ3v) is 3.63. The number of ketones is 1. The summed E-state index contributed by atoms with van der Waals surface area (Å²) in [6.07, 6.45) is 0.0639. The lowest BCUT2D eigenvalue weighted by atomic mass is 10.0. The summed E-state index contributed by atoms with van der Waals surface area (Å²) in [5, 5.41) is 0.868. The van der Waals surface area contributed by atoms with Crippen LogP contribution in [-0.2, 0) is 16.0 Å². The minimum absolute atomic E-state index is 0.0639. The summed E-state index contributed by atoms with van der Waals surface area (Å²) in [5.41, 5.74) is 2.54. The summed E-state index contributed by atoms with van der Waals surface area (Å²) in [7, 11) is 1.34. The number of aromatic amines is 1. The second-order valence-electron chi connectivity index (χ2n) is 4.97. The standard InChI is InChI=1S/C18H15NO3/c1-22-16(20)11-14-13-9-5-6-10-15(13)19-17(14)18(21)12-7-3-2-4-8-12/h2-10,19H,11H2,1H3. The average Bonchev–Trinajstić information content (AvgIpc) is 2.93. The third kappa shape index (κ3) is 2.51. The highest BCUT2D eigenvalue weighted by molar-refractivity contribution is 6.12. The van der Waals surface area contributed by atoms with E-state index in [-0.39, 0.29) is 18.2 Å². The molecular formula is C18H15NO3. The average molecular weight is 293 g/mol. The van der Waals surface area contributed by atoms with Gasteiger partial charge >= 0.3 is 5.97 Å². The molecule has 0 amide bonds. The van der Waals surface area contributed by atoms with Crippen LogP contribution in [0.4, 0.5) is 0 Å². The Balaban J connectivity index is 2.14. The second kappa shape index (κ2) is 5.85. The molecule has 3 aromatic rings. The van der Waals surface area contributed by atoms with Crippen LogP contribution in [0, 0.1) is 0 Å². The Bertz CT molecular complexity index is 834. The van der Waals surface area contributed by atoms with Crippen LogP contribution in [0.2, 0.25) is 0 Å². The van der Waals surface area contributed by atoms with Crippen LogP contribution in [0.1, 0.15) is 21.6 Å². The number of para-hydroxylation sites is 1. The largest absolute Gasteiger partial charge is 0.469 e. The van der Waals surface area contributed by atoms with E-state index < -0.39 is 0 Å². The van der Waals surface area contributed by atoms with Crippen LogP contribution in [0.3, 0.4) is 0 Å². The Kier molecular flexibility index (Phi) is 3.74. The van der Waals surface area contributed by atoms with Crippen LogP contribution >= 0.6 is 0 Å². The molecule has 1 N–H and O–H groups in total. The second-order valence-corrected chi connectivity index (χ2v) is 4.97. The number of carbonyl (C=O) groups excluding carboxylic acids is 2. The molecule has 4 heteroatoms. The van der Waals surface area contributed by atoms with Crippen molar-refractivity contribution in [1.29, 1.82) is 0 Å². The number of aromatic nitrogens is 1. The minimum Gasteiger partial charge on any atom is -0.469 e. The Labute approximate surface area is 127 Å². The normalized spacial score (nSPS) is 10.6. The van der Waals surface area contributed by atoms with Gasteiger partial charge in [0.1, 0.15) is 0 Å². The number of H-pyrrole nitrogens is 1. The van der Waals surface area contributed by atoms with Crippen molar-refractivity contribution in [1.82, 2.24) is 4.98 Å². The van der Waals surface area contributed by atoms with Crippen molar-refractivity contribution < 1.29 is 14.3 Å². The zero-order valence-electron chi connectivity index (χ0n) is 12.1. The Morgan fingerprint density at radius 3 is 2.41 bits per heavy atom. The van der Waals surface area contributed by atoms with E-state index in [9.17, 15) is 9.59 Å². The molecule has 0 aliphatic heterocycles. The fraction of sp³-hybridized carbons (Fsp3) is 0.111. The highest BCUT2D eigenvalue weighted by Crippen LogP contribution is 2.25. The van der Waals surface area contributed by atoms with Gasteiger partial charge in [0.2, 0.25) is 5.78 Å². The Hall–Kier alpha value is -2.88. The predicted octanol–water partition coefficient (Wildman–Crippen LogP) is 3.11. The van der Waals surface area contributed by atoms with Gasteiger partial charge in [0.15, 0.2) is 0 Å². The highest BCUT2D eigenvalue weighted by atomic mass is 16.5. The molecule has 1 aromatic heterocycles. The molecule has 1 heterocycles. The van der Waals surface area contributed by atoms with Crippen LogP contribution in [0.15, 0.2) is 54.6 Å². The number of ether oxygens (including phenoxy) is 1. The topological polar surface area (TPSA) is 59.2 Å².